The van der Waals surface area contributed by atoms with Crippen molar-refractivity contribution in [2.24, 2.45) is 0 Å². The molecule has 0 radical (unpaired) electrons. The fraction of sp³-hybridized carbons (Fsp3) is 0.0612. The number of rotatable bonds is 5. The van der Waals surface area contributed by atoms with Crippen molar-refractivity contribution in [2.75, 3.05) is 0 Å². The second-order valence-corrected chi connectivity index (χ2v) is 14.7. The molecule has 6 nitrogen and oxygen atoms in total. The third kappa shape index (κ3) is 4.88. The summed E-state index contributed by atoms with van der Waals surface area (Å²) in [6.07, 6.45) is 0. The summed E-state index contributed by atoms with van der Waals surface area (Å²) >= 11 is 0. The van der Waals surface area contributed by atoms with Crippen LogP contribution in [0.25, 0.3) is 95.3 Å². The average molecular weight is 708 g/mol. The van der Waals surface area contributed by atoms with Gasteiger partial charge in [-0.1, -0.05) is 135 Å². The van der Waals surface area contributed by atoms with E-state index in [-0.39, 0.29) is 5.41 Å². The third-order valence-electron chi connectivity index (χ3n) is 11.1. The lowest BCUT2D eigenvalue weighted by atomic mass is 9.82. The van der Waals surface area contributed by atoms with Crippen molar-refractivity contribution in [1.29, 1.82) is 0 Å². The van der Waals surface area contributed by atoms with Crippen LogP contribution in [0.15, 0.2) is 168 Å². The second kappa shape index (κ2) is 11.9. The summed E-state index contributed by atoms with van der Waals surface area (Å²) in [6, 6.07) is 56.7. The minimum atomic E-state index is -0.184. The molecule has 7 aromatic carbocycles. The van der Waals surface area contributed by atoms with Crippen LogP contribution in [0.4, 0.5) is 0 Å². The molecule has 3 heterocycles. The fourth-order valence-corrected chi connectivity index (χ4v) is 8.37. The predicted molar refractivity (Wildman–Crippen MR) is 221 cm³/mol. The number of fused-ring (bicyclic) bond motifs is 8. The molecule has 0 bridgehead atoms. The molecule has 6 heteroatoms. The zero-order chi connectivity index (χ0) is 36.7. The number of hydrogen-bond acceptors (Lipinski definition) is 5. The number of hydrogen-bond donors (Lipinski definition) is 0. The number of oxazole rings is 1. The first kappa shape index (κ1) is 31.4. The van der Waals surface area contributed by atoms with Gasteiger partial charge in [0.25, 0.3) is 0 Å². The Balaban J connectivity index is 1.08. The highest BCUT2D eigenvalue weighted by atomic mass is 16.3. The van der Waals surface area contributed by atoms with Gasteiger partial charge >= 0.3 is 0 Å². The van der Waals surface area contributed by atoms with Crippen LogP contribution in [-0.4, -0.2) is 24.5 Å². The second-order valence-electron chi connectivity index (χ2n) is 14.7. The highest BCUT2D eigenvalue weighted by Gasteiger charge is 2.38. The van der Waals surface area contributed by atoms with Crippen LogP contribution in [0.3, 0.4) is 0 Å². The zero-order valence-corrected chi connectivity index (χ0v) is 30.2. The first-order chi connectivity index (χ1) is 27.0. The molecule has 0 spiro atoms. The molecule has 0 fully saturated rings. The van der Waals surface area contributed by atoms with Gasteiger partial charge in [0.1, 0.15) is 5.52 Å². The molecule has 0 saturated carbocycles. The van der Waals surface area contributed by atoms with Gasteiger partial charge in [-0.05, 0) is 70.3 Å². The SMILES string of the molecule is CC1(C)c2ccc(-c3ccc4c(c3)c3ccccc3n4-c3nc(-c4ccccc4)nc(-c4ccccc4)n3)cc2-c2c1ccc1nc(-c3ccccc3)oc21. The summed E-state index contributed by atoms with van der Waals surface area (Å²) in [5, 5.41) is 2.26. The minimum absolute atomic E-state index is 0.184. The van der Waals surface area contributed by atoms with Gasteiger partial charge in [-0.15, -0.1) is 0 Å². The Morgan fingerprint density at radius 1 is 0.473 bits per heavy atom. The van der Waals surface area contributed by atoms with Crippen molar-refractivity contribution in [3.05, 3.63) is 175 Å². The number of nitrogens with zero attached hydrogens (tertiary/aromatic N) is 5. The summed E-state index contributed by atoms with van der Waals surface area (Å²) in [6.45, 7) is 4.60. The number of aromatic nitrogens is 5. The smallest absolute Gasteiger partial charge is 0.238 e. The normalized spacial score (nSPS) is 13.1. The molecule has 11 rings (SSSR count). The molecule has 260 valence electrons. The van der Waals surface area contributed by atoms with Gasteiger partial charge in [0.2, 0.25) is 11.8 Å². The van der Waals surface area contributed by atoms with E-state index in [9.17, 15) is 0 Å². The molecule has 0 amide bonds. The average Bonchev–Trinajstić information content (AvgIpc) is 3.90. The van der Waals surface area contributed by atoms with Crippen LogP contribution in [0.2, 0.25) is 0 Å². The van der Waals surface area contributed by atoms with Gasteiger partial charge < -0.3 is 4.42 Å². The largest absolute Gasteiger partial charge is 0.435 e. The molecule has 0 atom stereocenters. The van der Waals surface area contributed by atoms with Crippen LogP contribution < -0.4 is 0 Å². The maximum atomic E-state index is 6.59. The van der Waals surface area contributed by atoms with Crippen molar-refractivity contribution in [1.82, 2.24) is 24.5 Å². The molecule has 3 aromatic heterocycles. The van der Waals surface area contributed by atoms with Crippen LogP contribution in [0, 0.1) is 0 Å². The molecule has 0 N–H and O–H groups in total. The summed E-state index contributed by atoms with van der Waals surface area (Å²) in [4.78, 5) is 20.1. The molecule has 1 aliphatic rings. The molecular formula is C49H33N5O. The van der Waals surface area contributed by atoms with Crippen molar-refractivity contribution >= 4 is 32.9 Å². The number of para-hydroxylation sites is 1. The summed E-state index contributed by atoms with van der Waals surface area (Å²) in [5.74, 6) is 2.47. The molecule has 10 aromatic rings. The van der Waals surface area contributed by atoms with Crippen molar-refractivity contribution < 1.29 is 4.42 Å². The topological polar surface area (TPSA) is 69.6 Å². The minimum Gasteiger partial charge on any atom is -0.435 e. The summed E-state index contributed by atoms with van der Waals surface area (Å²) in [7, 11) is 0. The molecular weight excluding hydrogens is 675 g/mol. The van der Waals surface area contributed by atoms with E-state index in [4.69, 9.17) is 24.4 Å². The lowest BCUT2D eigenvalue weighted by Crippen LogP contribution is -2.14. The van der Waals surface area contributed by atoms with Gasteiger partial charge in [0.05, 0.1) is 11.0 Å². The lowest BCUT2D eigenvalue weighted by molar-refractivity contribution is 0.618. The van der Waals surface area contributed by atoms with E-state index >= 15 is 0 Å². The zero-order valence-electron chi connectivity index (χ0n) is 30.2. The Morgan fingerprint density at radius 2 is 1.05 bits per heavy atom. The van der Waals surface area contributed by atoms with E-state index < -0.39 is 0 Å². The van der Waals surface area contributed by atoms with Crippen LogP contribution in [0.5, 0.6) is 0 Å². The Morgan fingerprint density at radius 3 is 1.76 bits per heavy atom. The van der Waals surface area contributed by atoms with E-state index in [1.807, 2.05) is 91.0 Å². The quantitative estimate of drug-likeness (QED) is 0.178. The van der Waals surface area contributed by atoms with E-state index in [1.54, 1.807) is 0 Å². The Hall–Kier alpha value is -7.18. The standard InChI is InChI=1S/C49H33N5O/c1-49(2)38-24-22-33(29-37(38)43-39(49)25-26-40-44(43)55-47(50-40)32-18-10-5-11-19-32)34-23-27-42-36(28-34)35-20-12-13-21-41(35)54(42)48-52-45(30-14-6-3-7-15-30)51-46(53-48)31-16-8-4-9-17-31/h3-29H,1-2H3. The van der Waals surface area contributed by atoms with E-state index in [1.165, 1.54) is 16.7 Å². The first-order valence-electron chi connectivity index (χ1n) is 18.6. The Bertz CT molecular complexity index is 3050. The van der Waals surface area contributed by atoms with Gasteiger partial charge in [0.15, 0.2) is 17.2 Å². The van der Waals surface area contributed by atoms with E-state index in [0.29, 0.717) is 23.5 Å². The predicted octanol–water partition coefficient (Wildman–Crippen LogP) is 12.1. The van der Waals surface area contributed by atoms with Gasteiger partial charge in [-0.25, -0.2) is 9.97 Å². The molecule has 55 heavy (non-hydrogen) atoms. The van der Waals surface area contributed by atoms with E-state index in [0.717, 1.165) is 66.3 Å². The van der Waals surface area contributed by atoms with Crippen molar-refractivity contribution in [3.63, 3.8) is 0 Å². The lowest BCUT2D eigenvalue weighted by Gasteiger charge is -2.21. The van der Waals surface area contributed by atoms with Crippen LogP contribution in [0.1, 0.15) is 25.0 Å². The van der Waals surface area contributed by atoms with Crippen molar-refractivity contribution in [3.8, 4) is 62.4 Å². The van der Waals surface area contributed by atoms with E-state index in [2.05, 4.69) is 91.2 Å². The maximum Gasteiger partial charge on any atom is 0.238 e. The Kier molecular flexibility index (Phi) is 6.79. The Labute approximate surface area is 317 Å². The molecule has 0 saturated heterocycles. The monoisotopic (exact) mass is 707 g/mol. The first-order valence-corrected chi connectivity index (χ1v) is 18.6. The maximum absolute atomic E-state index is 6.59. The molecule has 1 aliphatic carbocycles. The number of benzene rings is 7. The molecule has 0 aliphatic heterocycles. The van der Waals surface area contributed by atoms with Crippen molar-refractivity contribution in [2.45, 2.75) is 19.3 Å². The van der Waals surface area contributed by atoms with Gasteiger partial charge in [-0.3, -0.25) is 4.57 Å². The van der Waals surface area contributed by atoms with Gasteiger partial charge in [-0.2, -0.15) is 9.97 Å². The van der Waals surface area contributed by atoms with Crippen LogP contribution in [-0.2, 0) is 5.41 Å². The van der Waals surface area contributed by atoms with Gasteiger partial charge in [0, 0.05) is 38.4 Å². The highest BCUT2D eigenvalue weighted by Crippen LogP contribution is 2.52. The molecule has 0 unspecified atom stereocenters. The van der Waals surface area contributed by atoms with Crippen LogP contribution >= 0.6 is 0 Å². The third-order valence-corrected chi connectivity index (χ3v) is 11.1. The summed E-state index contributed by atoms with van der Waals surface area (Å²) in [5.41, 5.74) is 13.5. The highest BCUT2D eigenvalue weighted by molar-refractivity contribution is 6.10. The fourth-order valence-electron chi connectivity index (χ4n) is 8.37. The summed E-state index contributed by atoms with van der Waals surface area (Å²) < 4.78 is 8.75.